The van der Waals surface area contributed by atoms with Gasteiger partial charge in [-0.05, 0) is 18.6 Å². The quantitative estimate of drug-likeness (QED) is 0.781. The molecule has 1 unspecified atom stereocenters. The molecule has 7 nitrogen and oxygen atoms in total. The van der Waals surface area contributed by atoms with Crippen LogP contribution in [-0.2, 0) is 16.0 Å². The van der Waals surface area contributed by atoms with Gasteiger partial charge in [0.25, 0.3) is 0 Å². The average Bonchev–Trinajstić information content (AvgIpc) is 3.33. The zero-order chi connectivity index (χ0) is 16.5. The Bertz CT molecular complexity index is 882. The molecule has 1 atom stereocenters. The number of carbonyl (C=O) groups is 1. The van der Waals surface area contributed by atoms with Crippen LogP contribution in [0.25, 0.3) is 21.6 Å². The van der Waals surface area contributed by atoms with Gasteiger partial charge in [-0.15, -0.1) is 11.3 Å². The number of nitrogens with one attached hydrogen (secondary N) is 1. The zero-order valence-corrected chi connectivity index (χ0v) is 14.0. The highest BCUT2D eigenvalue weighted by Crippen LogP contribution is 2.32. The van der Waals surface area contributed by atoms with Gasteiger partial charge in [0.15, 0.2) is 11.6 Å². The molecule has 8 heteroatoms. The van der Waals surface area contributed by atoms with Crippen molar-refractivity contribution < 1.29 is 9.53 Å². The third-order valence-corrected chi connectivity index (χ3v) is 5.00. The van der Waals surface area contributed by atoms with E-state index in [0.29, 0.717) is 12.4 Å². The van der Waals surface area contributed by atoms with E-state index in [4.69, 9.17) is 4.74 Å². The predicted molar refractivity (Wildman–Crippen MR) is 90.9 cm³/mol. The first kappa shape index (κ1) is 15.2. The highest BCUT2D eigenvalue weighted by Gasteiger charge is 2.25. The van der Waals surface area contributed by atoms with Crippen LogP contribution in [0.3, 0.4) is 0 Å². The lowest BCUT2D eigenvalue weighted by Crippen LogP contribution is -2.21. The summed E-state index contributed by atoms with van der Waals surface area (Å²) >= 11 is 1.58. The van der Waals surface area contributed by atoms with Gasteiger partial charge in [0, 0.05) is 19.2 Å². The van der Waals surface area contributed by atoms with Crippen LogP contribution in [0.1, 0.15) is 18.3 Å². The number of benzene rings is 1. The molecular formula is C16H17N5O2S. The summed E-state index contributed by atoms with van der Waals surface area (Å²) in [7, 11) is 1.61. The van der Waals surface area contributed by atoms with Crippen molar-refractivity contribution in [2.45, 2.75) is 18.9 Å². The lowest BCUT2D eigenvalue weighted by molar-refractivity contribution is -0.120. The topological polar surface area (TPSA) is 81.9 Å². The summed E-state index contributed by atoms with van der Waals surface area (Å²) in [6.45, 7) is 1.34. The molecule has 124 valence electrons. The van der Waals surface area contributed by atoms with Crippen molar-refractivity contribution in [2.75, 3.05) is 20.3 Å². The Morgan fingerprint density at radius 2 is 2.42 bits per heavy atom. The summed E-state index contributed by atoms with van der Waals surface area (Å²) in [6.07, 6.45) is 1.07. The fourth-order valence-corrected chi connectivity index (χ4v) is 3.69. The van der Waals surface area contributed by atoms with Gasteiger partial charge in [0.1, 0.15) is 0 Å². The molecule has 24 heavy (non-hydrogen) atoms. The Morgan fingerprint density at radius 1 is 1.50 bits per heavy atom. The zero-order valence-electron chi connectivity index (χ0n) is 13.2. The van der Waals surface area contributed by atoms with Crippen molar-refractivity contribution in [3.05, 3.63) is 29.5 Å². The van der Waals surface area contributed by atoms with Crippen molar-refractivity contribution in [3.63, 3.8) is 0 Å². The Kier molecular flexibility index (Phi) is 3.99. The number of carbonyl (C=O) groups excluding carboxylic acids is 1. The number of fused-ring (bicyclic) bond motifs is 1. The first-order valence-corrected chi connectivity index (χ1v) is 8.70. The number of rotatable bonds is 4. The second kappa shape index (κ2) is 6.29. The van der Waals surface area contributed by atoms with Gasteiger partial charge in [-0.3, -0.25) is 4.79 Å². The summed E-state index contributed by atoms with van der Waals surface area (Å²) < 4.78 is 8.51. The maximum atomic E-state index is 11.7. The van der Waals surface area contributed by atoms with E-state index in [0.717, 1.165) is 34.6 Å². The molecular weight excluding hydrogens is 326 g/mol. The minimum atomic E-state index is -0.0997. The molecule has 0 spiro atoms. The second-order valence-corrected chi connectivity index (χ2v) is 6.52. The fraction of sp³-hybridized carbons (Fsp3) is 0.375. The summed E-state index contributed by atoms with van der Waals surface area (Å²) in [5.41, 5.74) is 3.78. The van der Waals surface area contributed by atoms with E-state index in [-0.39, 0.29) is 18.4 Å². The second-order valence-electron chi connectivity index (χ2n) is 5.67. The van der Waals surface area contributed by atoms with Crippen LogP contribution in [-0.4, -0.2) is 45.9 Å². The first-order valence-electron chi connectivity index (χ1n) is 7.82. The van der Waals surface area contributed by atoms with E-state index < -0.39 is 0 Å². The van der Waals surface area contributed by atoms with Crippen LogP contribution in [0.4, 0.5) is 0 Å². The Labute approximate surface area is 142 Å². The standard InChI is InChI=1S/C16H17N5O2S/c1-17-14(22)7-13-19-16(21(20-13)10-5-6-23-8-10)11-3-2-4-12-15(11)24-9-18-12/h2-4,9-10H,5-8H2,1H3,(H,17,22). The molecule has 0 bridgehead atoms. The Balaban J connectivity index is 1.83. The van der Waals surface area contributed by atoms with Gasteiger partial charge in [0.2, 0.25) is 5.91 Å². The van der Waals surface area contributed by atoms with E-state index in [1.165, 1.54) is 0 Å². The van der Waals surface area contributed by atoms with Crippen molar-refractivity contribution in [1.29, 1.82) is 0 Å². The molecule has 0 aliphatic carbocycles. The normalized spacial score (nSPS) is 17.5. The lowest BCUT2D eigenvalue weighted by atomic mass is 10.2. The molecule has 2 aromatic heterocycles. The van der Waals surface area contributed by atoms with Gasteiger partial charge < -0.3 is 10.1 Å². The maximum Gasteiger partial charge on any atom is 0.227 e. The molecule has 1 N–H and O–H groups in total. The maximum absolute atomic E-state index is 11.7. The van der Waals surface area contributed by atoms with Gasteiger partial charge >= 0.3 is 0 Å². The van der Waals surface area contributed by atoms with E-state index in [2.05, 4.69) is 20.4 Å². The number of hydrogen-bond donors (Lipinski definition) is 1. The SMILES string of the molecule is CNC(=O)Cc1nc(-c2cccc3ncsc23)n(C2CCOC2)n1. The number of nitrogens with zero attached hydrogens (tertiary/aromatic N) is 4. The van der Waals surface area contributed by atoms with Crippen LogP contribution >= 0.6 is 11.3 Å². The van der Waals surface area contributed by atoms with Crippen molar-refractivity contribution in [3.8, 4) is 11.4 Å². The highest BCUT2D eigenvalue weighted by molar-refractivity contribution is 7.17. The van der Waals surface area contributed by atoms with Gasteiger partial charge in [-0.2, -0.15) is 5.10 Å². The summed E-state index contributed by atoms with van der Waals surface area (Å²) in [6, 6.07) is 6.13. The Hall–Kier alpha value is -2.32. The number of ether oxygens (including phenoxy) is 1. The lowest BCUT2D eigenvalue weighted by Gasteiger charge is -2.11. The predicted octanol–water partition coefficient (Wildman–Crippen LogP) is 1.80. The van der Waals surface area contributed by atoms with E-state index in [1.807, 2.05) is 28.4 Å². The van der Waals surface area contributed by atoms with E-state index in [9.17, 15) is 4.79 Å². The molecule has 4 rings (SSSR count). The average molecular weight is 343 g/mol. The van der Waals surface area contributed by atoms with Gasteiger partial charge in [-0.25, -0.2) is 14.6 Å². The molecule has 1 aliphatic rings. The van der Waals surface area contributed by atoms with E-state index >= 15 is 0 Å². The Morgan fingerprint density at radius 3 is 3.21 bits per heavy atom. The molecule has 1 aromatic carbocycles. The fourth-order valence-electron chi connectivity index (χ4n) is 2.89. The molecule has 0 radical (unpaired) electrons. The number of hydrogen-bond acceptors (Lipinski definition) is 6. The minimum absolute atomic E-state index is 0.0997. The summed E-state index contributed by atoms with van der Waals surface area (Å²) in [5, 5.41) is 7.21. The van der Waals surface area contributed by atoms with Crippen LogP contribution in [0.2, 0.25) is 0 Å². The van der Waals surface area contributed by atoms with Crippen molar-refractivity contribution in [2.24, 2.45) is 0 Å². The van der Waals surface area contributed by atoms with Crippen LogP contribution in [0.15, 0.2) is 23.7 Å². The molecule has 3 aromatic rings. The monoisotopic (exact) mass is 343 g/mol. The smallest absolute Gasteiger partial charge is 0.227 e. The number of likely N-dealkylation sites (N-methyl/N-ethyl adjacent to an activating group) is 1. The van der Waals surface area contributed by atoms with Crippen LogP contribution in [0.5, 0.6) is 0 Å². The largest absolute Gasteiger partial charge is 0.379 e. The molecule has 1 saturated heterocycles. The molecule has 1 aliphatic heterocycles. The van der Waals surface area contributed by atoms with Crippen molar-refractivity contribution in [1.82, 2.24) is 25.1 Å². The first-order chi connectivity index (χ1) is 11.8. The van der Waals surface area contributed by atoms with E-state index in [1.54, 1.807) is 18.4 Å². The van der Waals surface area contributed by atoms with Gasteiger partial charge in [0.05, 0.1) is 34.8 Å². The van der Waals surface area contributed by atoms with Crippen LogP contribution in [0, 0.1) is 0 Å². The van der Waals surface area contributed by atoms with Gasteiger partial charge in [-0.1, -0.05) is 6.07 Å². The minimum Gasteiger partial charge on any atom is -0.379 e. The summed E-state index contributed by atoms with van der Waals surface area (Å²) in [5.74, 6) is 1.20. The summed E-state index contributed by atoms with van der Waals surface area (Å²) in [4.78, 5) is 20.7. The third kappa shape index (κ3) is 2.67. The molecule has 3 heterocycles. The molecule has 0 saturated carbocycles. The van der Waals surface area contributed by atoms with Crippen molar-refractivity contribution >= 4 is 27.5 Å². The molecule has 1 amide bonds. The number of thiazole rings is 1. The number of amides is 1. The number of aromatic nitrogens is 4. The van der Waals surface area contributed by atoms with Crippen LogP contribution < -0.4 is 5.32 Å². The molecule has 1 fully saturated rings. The highest BCUT2D eigenvalue weighted by atomic mass is 32.1. The third-order valence-electron chi connectivity index (χ3n) is 4.12.